The van der Waals surface area contributed by atoms with Crippen molar-refractivity contribution in [2.24, 2.45) is 11.5 Å². The van der Waals surface area contributed by atoms with Crippen molar-refractivity contribution in [1.29, 1.82) is 0 Å². The molecule has 0 fully saturated rings. The van der Waals surface area contributed by atoms with E-state index in [0.29, 0.717) is 0 Å². The summed E-state index contributed by atoms with van der Waals surface area (Å²) in [4.78, 5) is 0. The lowest BCUT2D eigenvalue weighted by molar-refractivity contribution is 0.848. The van der Waals surface area contributed by atoms with Crippen molar-refractivity contribution in [2.75, 3.05) is 0 Å². The van der Waals surface area contributed by atoms with Crippen LogP contribution in [0.25, 0.3) is 0 Å². The molecule has 0 aliphatic heterocycles. The van der Waals surface area contributed by atoms with Crippen LogP contribution in [0.5, 0.6) is 0 Å². The Morgan fingerprint density at radius 3 is 2.56 bits per heavy atom. The highest BCUT2D eigenvalue weighted by molar-refractivity contribution is 5.00. The largest absolute Gasteiger partial charge is 0.402 e. The average molecular weight is 128 g/mol. The molecule has 0 saturated heterocycles. The Bertz CT molecular complexity index is 95.1. The SMILES string of the molecule is CCC/C(N)=C/C(C)N. The monoisotopic (exact) mass is 128 g/mol. The van der Waals surface area contributed by atoms with E-state index in [0.717, 1.165) is 18.5 Å². The van der Waals surface area contributed by atoms with E-state index in [9.17, 15) is 0 Å². The normalized spacial score (nSPS) is 15.7. The predicted octanol–water partition coefficient (Wildman–Crippen LogP) is 0.976. The van der Waals surface area contributed by atoms with E-state index in [1.165, 1.54) is 0 Å². The van der Waals surface area contributed by atoms with Crippen molar-refractivity contribution in [1.82, 2.24) is 0 Å². The van der Waals surface area contributed by atoms with E-state index in [-0.39, 0.29) is 6.04 Å². The molecule has 0 aromatic heterocycles. The maximum atomic E-state index is 5.57. The van der Waals surface area contributed by atoms with E-state index in [1.54, 1.807) is 0 Å². The minimum atomic E-state index is 0.0940. The topological polar surface area (TPSA) is 52.0 Å². The fourth-order valence-corrected chi connectivity index (χ4v) is 0.710. The molecule has 2 heteroatoms. The molecule has 0 heterocycles. The molecule has 0 aromatic rings. The van der Waals surface area contributed by atoms with Crippen molar-refractivity contribution in [3.8, 4) is 0 Å². The molecule has 0 rings (SSSR count). The number of hydrogen-bond acceptors (Lipinski definition) is 2. The second-order valence-electron chi connectivity index (χ2n) is 2.35. The van der Waals surface area contributed by atoms with Crippen LogP contribution in [0.15, 0.2) is 11.8 Å². The Balaban J connectivity index is 3.55. The van der Waals surface area contributed by atoms with E-state index in [4.69, 9.17) is 11.5 Å². The molecule has 1 unspecified atom stereocenters. The zero-order valence-electron chi connectivity index (χ0n) is 6.22. The minimum Gasteiger partial charge on any atom is -0.402 e. The van der Waals surface area contributed by atoms with Crippen molar-refractivity contribution in [2.45, 2.75) is 32.7 Å². The van der Waals surface area contributed by atoms with Crippen LogP contribution in [0, 0.1) is 0 Å². The highest BCUT2D eigenvalue weighted by Crippen LogP contribution is 1.96. The summed E-state index contributed by atoms with van der Waals surface area (Å²) >= 11 is 0. The van der Waals surface area contributed by atoms with Gasteiger partial charge < -0.3 is 11.5 Å². The van der Waals surface area contributed by atoms with Crippen molar-refractivity contribution >= 4 is 0 Å². The maximum absolute atomic E-state index is 5.57. The van der Waals surface area contributed by atoms with E-state index >= 15 is 0 Å². The number of nitrogens with two attached hydrogens (primary N) is 2. The highest BCUT2D eigenvalue weighted by Gasteiger charge is 1.89. The molecule has 54 valence electrons. The molecule has 0 bridgehead atoms. The highest BCUT2D eigenvalue weighted by atomic mass is 14.6. The van der Waals surface area contributed by atoms with Crippen LogP contribution in [0.3, 0.4) is 0 Å². The Hall–Kier alpha value is -0.500. The van der Waals surface area contributed by atoms with Gasteiger partial charge in [-0.1, -0.05) is 13.3 Å². The lowest BCUT2D eigenvalue weighted by Gasteiger charge is -1.99. The van der Waals surface area contributed by atoms with Crippen LogP contribution < -0.4 is 11.5 Å². The minimum absolute atomic E-state index is 0.0940. The van der Waals surface area contributed by atoms with Crippen LogP contribution >= 0.6 is 0 Å². The first-order valence-electron chi connectivity index (χ1n) is 3.38. The lowest BCUT2D eigenvalue weighted by atomic mass is 10.2. The molecule has 0 aromatic carbocycles. The summed E-state index contributed by atoms with van der Waals surface area (Å²) < 4.78 is 0. The summed E-state index contributed by atoms with van der Waals surface area (Å²) in [5.74, 6) is 0. The summed E-state index contributed by atoms with van der Waals surface area (Å²) in [6.45, 7) is 4.02. The molecule has 1 atom stereocenters. The van der Waals surface area contributed by atoms with Crippen LogP contribution in [-0.2, 0) is 0 Å². The molecule has 0 radical (unpaired) electrons. The Morgan fingerprint density at radius 1 is 1.67 bits per heavy atom. The van der Waals surface area contributed by atoms with E-state index in [2.05, 4.69) is 6.92 Å². The fourth-order valence-electron chi connectivity index (χ4n) is 0.710. The van der Waals surface area contributed by atoms with Crippen molar-refractivity contribution in [3.05, 3.63) is 11.8 Å². The molecular weight excluding hydrogens is 112 g/mol. The third kappa shape index (κ3) is 5.37. The van der Waals surface area contributed by atoms with Gasteiger partial charge in [-0.3, -0.25) is 0 Å². The van der Waals surface area contributed by atoms with Crippen LogP contribution in [0.4, 0.5) is 0 Å². The smallest absolute Gasteiger partial charge is 0.0214 e. The first-order chi connectivity index (χ1) is 4.16. The molecule has 0 saturated carbocycles. The van der Waals surface area contributed by atoms with E-state index in [1.807, 2.05) is 13.0 Å². The van der Waals surface area contributed by atoms with E-state index < -0.39 is 0 Å². The standard InChI is InChI=1S/C7H16N2/c1-3-4-7(9)5-6(2)8/h5-6H,3-4,8-9H2,1-2H3/b7-5-. The summed E-state index contributed by atoms with van der Waals surface area (Å²) in [6, 6.07) is 0.0940. The molecule has 0 amide bonds. The van der Waals surface area contributed by atoms with Gasteiger partial charge in [0.25, 0.3) is 0 Å². The molecule has 0 spiro atoms. The van der Waals surface area contributed by atoms with Gasteiger partial charge in [-0.2, -0.15) is 0 Å². The van der Waals surface area contributed by atoms with Gasteiger partial charge in [0.05, 0.1) is 0 Å². The summed E-state index contributed by atoms with van der Waals surface area (Å²) in [5.41, 5.74) is 11.9. The molecule has 0 aliphatic carbocycles. The quantitative estimate of drug-likeness (QED) is 0.595. The van der Waals surface area contributed by atoms with Gasteiger partial charge in [-0.05, 0) is 19.4 Å². The summed E-state index contributed by atoms with van der Waals surface area (Å²) in [7, 11) is 0. The second-order valence-corrected chi connectivity index (χ2v) is 2.35. The van der Waals surface area contributed by atoms with Crippen LogP contribution in [0.2, 0.25) is 0 Å². The second kappa shape index (κ2) is 4.39. The fraction of sp³-hybridized carbons (Fsp3) is 0.714. The number of allylic oxidation sites excluding steroid dienone is 1. The van der Waals surface area contributed by atoms with Crippen LogP contribution in [0.1, 0.15) is 26.7 Å². The zero-order valence-corrected chi connectivity index (χ0v) is 6.22. The molecular formula is C7H16N2. The molecule has 4 N–H and O–H groups in total. The van der Waals surface area contributed by atoms with Gasteiger partial charge in [0, 0.05) is 11.7 Å². The summed E-state index contributed by atoms with van der Waals surface area (Å²) in [6.07, 6.45) is 3.94. The maximum Gasteiger partial charge on any atom is 0.0214 e. The third-order valence-corrected chi connectivity index (χ3v) is 1.02. The average Bonchev–Trinajstić information content (AvgIpc) is 1.63. The lowest BCUT2D eigenvalue weighted by Crippen LogP contribution is -2.13. The van der Waals surface area contributed by atoms with Gasteiger partial charge in [0.2, 0.25) is 0 Å². The first-order valence-corrected chi connectivity index (χ1v) is 3.38. The Labute approximate surface area is 56.9 Å². The molecule has 2 nitrogen and oxygen atoms in total. The number of hydrogen-bond donors (Lipinski definition) is 2. The Morgan fingerprint density at radius 2 is 2.22 bits per heavy atom. The zero-order chi connectivity index (χ0) is 7.28. The first kappa shape index (κ1) is 8.50. The third-order valence-electron chi connectivity index (χ3n) is 1.02. The predicted molar refractivity (Wildman–Crippen MR) is 40.8 cm³/mol. The van der Waals surface area contributed by atoms with Gasteiger partial charge >= 0.3 is 0 Å². The molecule has 9 heavy (non-hydrogen) atoms. The number of rotatable bonds is 3. The van der Waals surface area contributed by atoms with Crippen LogP contribution in [-0.4, -0.2) is 6.04 Å². The van der Waals surface area contributed by atoms with Gasteiger partial charge in [-0.15, -0.1) is 0 Å². The molecule has 0 aliphatic rings. The van der Waals surface area contributed by atoms with Gasteiger partial charge in [-0.25, -0.2) is 0 Å². The van der Waals surface area contributed by atoms with Gasteiger partial charge in [0.1, 0.15) is 0 Å². The van der Waals surface area contributed by atoms with Crippen molar-refractivity contribution in [3.63, 3.8) is 0 Å². The summed E-state index contributed by atoms with van der Waals surface area (Å²) in [5, 5.41) is 0. The Kier molecular flexibility index (Phi) is 4.14. The van der Waals surface area contributed by atoms with Gasteiger partial charge in [0.15, 0.2) is 0 Å². The van der Waals surface area contributed by atoms with Crippen molar-refractivity contribution < 1.29 is 0 Å².